The van der Waals surface area contributed by atoms with Crippen LogP contribution in [0, 0.1) is 0 Å². The van der Waals surface area contributed by atoms with Crippen LogP contribution in [0.25, 0.3) is 88.4 Å². The van der Waals surface area contributed by atoms with Crippen LogP contribution in [0.5, 0.6) is 0 Å². The fourth-order valence-electron chi connectivity index (χ4n) is 11.2. The van der Waals surface area contributed by atoms with E-state index in [1.54, 1.807) is 0 Å². The maximum Gasteiger partial charge on any atom is 0.159 e. The Morgan fingerprint density at radius 2 is 0.828 bits per heavy atom. The number of hydrogen-bond donors (Lipinski definition) is 0. The molecule has 0 N–H and O–H groups in total. The van der Waals surface area contributed by atoms with Crippen molar-refractivity contribution in [1.82, 2.24) is 0 Å². The van der Waals surface area contributed by atoms with E-state index in [1.807, 2.05) is 6.07 Å². The number of hydrogen-bond acceptors (Lipinski definition) is 3. The van der Waals surface area contributed by atoms with E-state index in [0.717, 1.165) is 66.5 Å². The molecule has 0 saturated heterocycles. The molecule has 1 atom stereocenters. The summed E-state index contributed by atoms with van der Waals surface area (Å²) in [5.41, 5.74) is 20.5. The summed E-state index contributed by atoms with van der Waals surface area (Å²) in [6, 6.07) is 81.8. The van der Waals surface area contributed by atoms with Crippen molar-refractivity contribution in [3.05, 3.63) is 247 Å². The van der Waals surface area contributed by atoms with Gasteiger partial charge in [0.1, 0.15) is 16.7 Å². The van der Waals surface area contributed by atoms with E-state index >= 15 is 0 Å². The van der Waals surface area contributed by atoms with Crippen LogP contribution in [-0.2, 0) is 5.41 Å². The standard InChI is InChI=1S/C61H37NO2/c1-2-15-38(16-3-1)39-29-31-40(32-30-39)62(56-26-14-23-49-47-21-8-13-28-58(47)64-60(49)56)41-33-34-46-43-18-5-4-17-42(43)44-19-6-10-24-52(44)61(54(46)35-41)53-25-11-7-20-45(53)50-37-59-51(36-55(50)61)48-22-9-12-27-57(48)63-59/h1-37H. The second-order valence-corrected chi connectivity index (χ2v) is 17.1. The summed E-state index contributed by atoms with van der Waals surface area (Å²) >= 11 is 0. The number of para-hydroxylation sites is 3. The predicted molar refractivity (Wildman–Crippen MR) is 263 cm³/mol. The van der Waals surface area contributed by atoms with Gasteiger partial charge in [-0.3, -0.25) is 0 Å². The molecule has 10 aromatic carbocycles. The van der Waals surface area contributed by atoms with Crippen molar-refractivity contribution in [3.8, 4) is 44.5 Å². The second-order valence-electron chi connectivity index (χ2n) is 17.1. The molecule has 2 aliphatic rings. The average Bonchev–Trinajstić information content (AvgIpc) is 4.00. The lowest BCUT2D eigenvalue weighted by Gasteiger charge is -2.36. The minimum Gasteiger partial charge on any atom is -0.456 e. The molecule has 2 aliphatic carbocycles. The van der Waals surface area contributed by atoms with E-state index in [2.05, 4.69) is 223 Å². The van der Waals surface area contributed by atoms with Gasteiger partial charge in [-0.2, -0.15) is 0 Å². The van der Waals surface area contributed by atoms with Gasteiger partial charge in [0.2, 0.25) is 0 Å². The van der Waals surface area contributed by atoms with Crippen LogP contribution in [0.15, 0.2) is 233 Å². The summed E-state index contributed by atoms with van der Waals surface area (Å²) in [7, 11) is 0. The van der Waals surface area contributed by atoms with Crippen molar-refractivity contribution in [2.24, 2.45) is 0 Å². The minimum absolute atomic E-state index is 0.701. The second kappa shape index (κ2) is 13.3. The molecular weight excluding hydrogens is 779 g/mol. The molecule has 1 unspecified atom stereocenters. The lowest BCUT2D eigenvalue weighted by Crippen LogP contribution is -2.29. The van der Waals surface area contributed by atoms with Crippen molar-refractivity contribution in [3.63, 3.8) is 0 Å². The Kier molecular flexibility index (Phi) is 7.32. The van der Waals surface area contributed by atoms with Crippen LogP contribution < -0.4 is 4.90 Å². The molecule has 0 aliphatic heterocycles. The summed E-state index contributed by atoms with van der Waals surface area (Å²) in [6.45, 7) is 0. The Hall–Kier alpha value is -8.40. The number of furan rings is 2. The first-order valence-electron chi connectivity index (χ1n) is 22.0. The van der Waals surface area contributed by atoms with Crippen molar-refractivity contribution < 1.29 is 8.83 Å². The number of fused-ring (bicyclic) bond motifs is 18. The lowest BCUT2D eigenvalue weighted by atomic mass is 9.65. The van der Waals surface area contributed by atoms with Crippen molar-refractivity contribution in [1.29, 1.82) is 0 Å². The molecule has 2 heterocycles. The zero-order valence-electron chi connectivity index (χ0n) is 34.6. The van der Waals surface area contributed by atoms with Crippen LogP contribution >= 0.6 is 0 Å². The van der Waals surface area contributed by atoms with E-state index in [9.17, 15) is 0 Å². The number of nitrogens with zero attached hydrogens (tertiary/aromatic N) is 1. The summed E-state index contributed by atoms with van der Waals surface area (Å²) in [4.78, 5) is 2.39. The van der Waals surface area contributed by atoms with Crippen LogP contribution in [-0.4, -0.2) is 0 Å². The molecule has 0 fully saturated rings. The van der Waals surface area contributed by atoms with E-state index in [0.29, 0.717) is 0 Å². The van der Waals surface area contributed by atoms with Gasteiger partial charge in [-0.1, -0.05) is 170 Å². The van der Waals surface area contributed by atoms with Crippen molar-refractivity contribution in [2.45, 2.75) is 5.41 Å². The van der Waals surface area contributed by atoms with Gasteiger partial charge < -0.3 is 13.7 Å². The van der Waals surface area contributed by atoms with Gasteiger partial charge in [0, 0.05) is 32.9 Å². The van der Waals surface area contributed by atoms with Crippen molar-refractivity contribution in [2.75, 3.05) is 4.90 Å². The maximum atomic E-state index is 6.83. The number of rotatable bonds is 4. The maximum absolute atomic E-state index is 6.83. The molecule has 2 aromatic heterocycles. The first-order valence-corrected chi connectivity index (χ1v) is 22.0. The Morgan fingerprint density at radius 1 is 0.297 bits per heavy atom. The van der Waals surface area contributed by atoms with E-state index in [1.165, 1.54) is 61.2 Å². The summed E-state index contributed by atoms with van der Waals surface area (Å²) in [5, 5.41) is 4.43. The zero-order valence-corrected chi connectivity index (χ0v) is 34.6. The van der Waals surface area contributed by atoms with Gasteiger partial charge in [0.15, 0.2) is 5.58 Å². The van der Waals surface area contributed by atoms with Gasteiger partial charge in [-0.05, 0) is 121 Å². The molecule has 0 bridgehead atoms. The van der Waals surface area contributed by atoms with Crippen LogP contribution in [0.1, 0.15) is 22.3 Å². The Morgan fingerprint density at radius 3 is 1.56 bits per heavy atom. The highest BCUT2D eigenvalue weighted by atomic mass is 16.3. The Labute approximate surface area is 369 Å². The highest BCUT2D eigenvalue weighted by Crippen LogP contribution is 2.63. The fraction of sp³-hybridized carbons (Fsp3) is 0.0164. The van der Waals surface area contributed by atoms with Gasteiger partial charge in [-0.15, -0.1) is 0 Å². The topological polar surface area (TPSA) is 29.5 Å². The first-order chi connectivity index (χ1) is 31.7. The zero-order chi connectivity index (χ0) is 41.9. The minimum atomic E-state index is -0.701. The van der Waals surface area contributed by atoms with Crippen LogP contribution in [0.2, 0.25) is 0 Å². The highest BCUT2D eigenvalue weighted by molar-refractivity contribution is 6.11. The first kappa shape index (κ1) is 35.2. The van der Waals surface area contributed by atoms with Gasteiger partial charge >= 0.3 is 0 Å². The molecule has 298 valence electrons. The summed E-state index contributed by atoms with van der Waals surface area (Å²) in [5.74, 6) is 0. The number of anilines is 3. The Balaban J connectivity index is 1.11. The highest BCUT2D eigenvalue weighted by Gasteiger charge is 2.50. The number of benzene rings is 10. The third-order valence-corrected chi connectivity index (χ3v) is 13.9. The molecule has 64 heavy (non-hydrogen) atoms. The van der Waals surface area contributed by atoms with E-state index in [4.69, 9.17) is 8.83 Å². The SMILES string of the molecule is c1ccc(-c2ccc(N(c3ccc4c(c3)C3(c5ccccc5-c5ccccc5-4)c4ccccc4-c4cc5oc6ccccc6c5cc43)c3cccc4c3oc3ccccc34)cc2)cc1. The van der Waals surface area contributed by atoms with Crippen LogP contribution in [0.4, 0.5) is 17.1 Å². The van der Waals surface area contributed by atoms with Crippen molar-refractivity contribution >= 4 is 60.9 Å². The Bertz CT molecular complexity index is 3860. The predicted octanol–water partition coefficient (Wildman–Crippen LogP) is 16.6. The lowest BCUT2D eigenvalue weighted by molar-refractivity contribution is 0.668. The quantitative estimate of drug-likeness (QED) is 0.177. The molecule has 0 amide bonds. The molecule has 12 aromatic rings. The average molecular weight is 816 g/mol. The largest absolute Gasteiger partial charge is 0.456 e. The molecule has 3 nitrogen and oxygen atoms in total. The summed E-state index contributed by atoms with van der Waals surface area (Å²) < 4.78 is 13.4. The molecule has 14 rings (SSSR count). The molecule has 1 spiro atoms. The van der Waals surface area contributed by atoms with Gasteiger partial charge in [0.25, 0.3) is 0 Å². The normalized spacial score (nSPS) is 14.6. The molecular formula is C61H37NO2. The smallest absolute Gasteiger partial charge is 0.159 e. The molecule has 0 saturated carbocycles. The molecule has 3 heteroatoms. The fourth-order valence-corrected chi connectivity index (χ4v) is 11.2. The van der Waals surface area contributed by atoms with Gasteiger partial charge in [-0.25, -0.2) is 0 Å². The third kappa shape index (κ3) is 4.81. The van der Waals surface area contributed by atoms with E-state index in [-0.39, 0.29) is 0 Å². The molecule has 0 radical (unpaired) electrons. The van der Waals surface area contributed by atoms with Gasteiger partial charge in [0.05, 0.1) is 11.1 Å². The third-order valence-electron chi connectivity index (χ3n) is 13.9. The monoisotopic (exact) mass is 815 g/mol. The van der Waals surface area contributed by atoms with E-state index < -0.39 is 5.41 Å². The van der Waals surface area contributed by atoms with Crippen LogP contribution in [0.3, 0.4) is 0 Å². The summed E-state index contributed by atoms with van der Waals surface area (Å²) in [6.07, 6.45) is 0.